The second-order valence-corrected chi connectivity index (χ2v) is 5.14. The Hall–Kier alpha value is -0.380. The topological polar surface area (TPSA) is 21.3 Å². The van der Waals surface area contributed by atoms with Gasteiger partial charge in [0.2, 0.25) is 0 Å². The summed E-state index contributed by atoms with van der Waals surface area (Å²) < 4.78 is 6.64. The second kappa shape index (κ2) is 5.80. The van der Waals surface area contributed by atoms with Gasteiger partial charge in [0.25, 0.3) is 0 Å². The molecule has 1 aliphatic rings. The molecule has 1 aromatic rings. The molecule has 88 valence electrons. The summed E-state index contributed by atoms with van der Waals surface area (Å²) in [5, 5.41) is 3.58. The zero-order valence-electron chi connectivity index (χ0n) is 9.58. The van der Waals surface area contributed by atoms with Gasteiger partial charge in [-0.05, 0) is 30.9 Å². The molecule has 1 aliphatic carbocycles. The maximum atomic E-state index is 5.47. The van der Waals surface area contributed by atoms with E-state index in [-0.39, 0.29) is 0 Å². The van der Waals surface area contributed by atoms with Crippen LogP contribution in [0.4, 0.5) is 0 Å². The van der Waals surface area contributed by atoms with Crippen LogP contribution in [0.3, 0.4) is 0 Å². The summed E-state index contributed by atoms with van der Waals surface area (Å²) in [5.41, 5.74) is 1.31. The lowest BCUT2D eigenvalue weighted by molar-refractivity contribution is 0.0847. The number of ether oxygens (including phenoxy) is 1. The largest absolute Gasteiger partial charge is 0.380 e. The number of rotatable bonds is 4. The summed E-state index contributed by atoms with van der Waals surface area (Å²) in [7, 11) is 1.81. The predicted molar refractivity (Wildman–Crippen MR) is 69.4 cm³/mol. The monoisotopic (exact) mass is 283 g/mol. The number of halogens is 1. The van der Waals surface area contributed by atoms with E-state index in [2.05, 4.69) is 39.4 Å². The fourth-order valence-corrected chi connectivity index (χ4v) is 2.75. The van der Waals surface area contributed by atoms with Crippen LogP contribution >= 0.6 is 15.9 Å². The standard InChI is InChI=1S/C13H18BrNO/c1-16-13-8-4-7-12(13)15-9-10-5-2-3-6-11(10)14/h2-3,5-6,12-13,15H,4,7-9H2,1H3. The van der Waals surface area contributed by atoms with E-state index < -0.39 is 0 Å². The van der Waals surface area contributed by atoms with Gasteiger partial charge in [0.05, 0.1) is 6.10 Å². The van der Waals surface area contributed by atoms with Gasteiger partial charge in [0.1, 0.15) is 0 Å². The summed E-state index contributed by atoms with van der Waals surface area (Å²) in [6, 6.07) is 8.86. The van der Waals surface area contributed by atoms with E-state index in [1.54, 1.807) is 0 Å². The molecule has 1 aromatic carbocycles. The van der Waals surface area contributed by atoms with Crippen molar-refractivity contribution in [3.63, 3.8) is 0 Å². The van der Waals surface area contributed by atoms with Crippen molar-refractivity contribution in [1.29, 1.82) is 0 Å². The molecule has 0 spiro atoms. The smallest absolute Gasteiger partial charge is 0.0724 e. The fourth-order valence-electron chi connectivity index (χ4n) is 2.32. The highest BCUT2D eigenvalue weighted by molar-refractivity contribution is 9.10. The van der Waals surface area contributed by atoms with Crippen molar-refractivity contribution in [3.8, 4) is 0 Å². The molecule has 0 bridgehead atoms. The van der Waals surface area contributed by atoms with Crippen LogP contribution in [0.5, 0.6) is 0 Å². The number of hydrogen-bond acceptors (Lipinski definition) is 2. The van der Waals surface area contributed by atoms with Crippen LogP contribution in [0, 0.1) is 0 Å². The molecule has 0 amide bonds. The molecule has 0 saturated heterocycles. The van der Waals surface area contributed by atoms with Crippen LogP contribution in [0.2, 0.25) is 0 Å². The van der Waals surface area contributed by atoms with E-state index in [4.69, 9.17) is 4.74 Å². The van der Waals surface area contributed by atoms with E-state index in [0.29, 0.717) is 12.1 Å². The highest BCUT2D eigenvalue weighted by atomic mass is 79.9. The third-order valence-corrected chi connectivity index (χ3v) is 4.04. The highest BCUT2D eigenvalue weighted by Crippen LogP contribution is 2.22. The van der Waals surface area contributed by atoms with E-state index in [1.807, 2.05) is 13.2 Å². The fraction of sp³-hybridized carbons (Fsp3) is 0.538. The first kappa shape index (κ1) is 12.1. The maximum absolute atomic E-state index is 5.47. The number of methoxy groups -OCH3 is 1. The van der Waals surface area contributed by atoms with E-state index >= 15 is 0 Å². The van der Waals surface area contributed by atoms with Crippen LogP contribution in [0.1, 0.15) is 24.8 Å². The van der Waals surface area contributed by atoms with Crippen molar-refractivity contribution in [1.82, 2.24) is 5.32 Å². The summed E-state index contributed by atoms with van der Waals surface area (Å²) in [6.07, 6.45) is 4.07. The zero-order valence-corrected chi connectivity index (χ0v) is 11.2. The third-order valence-electron chi connectivity index (χ3n) is 3.27. The Morgan fingerprint density at radius 2 is 2.19 bits per heavy atom. The maximum Gasteiger partial charge on any atom is 0.0724 e. The average Bonchev–Trinajstić information content (AvgIpc) is 2.75. The molecule has 16 heavy (non-hydrogen) atoms. The van der Waals surface area contributed by atoms with Crippen LogP contribution in [-0.2, 0) is 11.3 Å². The Morgan fingerprint density at radius 3 is 2.94 bits per heavy atom. The Bertz CT molecular complexity index is 342. The first-order valence-electron chi connectivity index (χ1n) is 5.81. The average molecular weight is 284 g/mol. The Balaban J connectivity index is 1.90. The van der Waals surface area contributed by atoms with Crippen molar-refractivity contribution < 1.29 is 4.74 Å². The van der Waals surface area contributed by atoms with Gasteiger partial charge in [-0.25, -0.2) is 0 Å². The minimum Gasteiger partial charge on any atom is -0.380 e. The third kappa shape index (κ3) is 2.84. The van der Waals surface area contributed by atoms with E-state index in [0.717, 1.165) is 6.54 Å². The SMILES string of the molecule is COC1CCCC1NCc1ccccc1Br. The molecule has 2 nitrogen and oxygen atoms in total. The minimum atomic E-state index is 0.391. The van der Waals surface area contributed by atoms with Gasteiger partial charge < -0.3 is 10.1 Å². The molecular weight excluding hydrogens is 266 g/mol. The molecule has 1 N–H and O–H groups in total. The van der Waals surface area contributed by atoms with Gasteiger partial charge in [-0.2, -0.15) is 0 Å². The van der Waals surface area contributed by atoms with Crippen molar-refractivity contribution in [2.24, 2.45) is 0 Å². The number of hydrogen-bond donors (Lipinski definition) is 1. The second-order valence-electron chi connectivity index (χ2n) is 4.28. The molecule has 2 rings (SSSR count). The highest BCUT2D eigenvalue weighted by Gasteiger charge is 2.26. The lowest BCUT2D eigenvalue weighted by Crippen LogP contribution is -2.36. The quantitative estimate of drug-likeness (QED) is 0.917. The van der Waals surface area contributed by atoms with Gasteiger partial charge in [0, 0.05) is 24.2 Å². The van der Waals surface area contributed by atoms with Crippen molar-refractivity contribution >= 4 is 15.9 Å². The van der Waals surface area contributed by atoms with Crippen LogP contribution < -0.4 is 5.32 Å². The molecule has 0 radical (unpaired) electrons. The first-order valence-corrected chi connectivity index (χ1v) is 6.60. The molecule has 0 heterocycles. The molecule has 3 heteroatoms. The van der Waals surface area contributed by atoms with Gasteiger partial charge in [-0.1, -0.05) is 34.1 Å². The van der Waals surface area contributed by atoms with Gasteiger partial charge >= 0.3 is 0 Å². The summed E-state index contributed by atoms with van der Waals surface area (Å²) in [4.78, 5) is 0. The molecule has 1 saturated carbocycles. The summed E-state index contributed by atoms with van der Waals surface area (Å²) in [5.74, 6) is 0. The van der Waals surface area contributed by atoms with Crippen LogP contribution in [-0.4, -0.2) is 19.3 Å². The zero-order chi connectivity index (χ0) is 11.4. The molecule has 0 aliphatic heterocycles. The molecule has 2 unspecified atom stereocenters. The summed E-state index contributed by atoms with van der Waals surface area (Å²) >= 11 is 3.57. The number of nitrogens with one attached hydrogen (secondary N) is 1. The van der Waals surface area contributed by atoms with Gasteiger partial charge in [0.15, 0.2) is 0 Å². The van der Waals surface area contributed by atoms with Crippen molar-refractivity contribution in [3.05, 3.63) is 34.3 Å². The van der Waals surface area contributed by atoms with Crippen LogP contribution in [0.25, 0.3) is 0 Å². The molecule has 0 aromatic heterocycles. The van der Waals surface area contributed by atoms with Crippen molar-refractivity contribution in [2.75, 3.05) is 7.11 Å². The van der Waals surface area contributed by atoms with E-state index in [1.165, 1.54) is 29.3 Å². The van der Waals surface area contributed by atoms with Crippen LogP contribution in [0.15, 0.2) is 28.7 Å². The Morgan fingerprint density at radius 1 is 1.38 bits per heavy atom. The van der Waals surface area contributed by atoms with Gasteiger partial charge in [-0.15, -0.1) is 0 Å². The lowest BCUT2D eigenvalue weighted by Gasteiger charge is -2.20. The lowest BCUT2D eigenvalue weighted by atomic mass is 10.1. The normalized spacial score (nSPS) is 24.9. The Kier molecular flexibility index (Phi) is 4.38. The molecule has 1 fully saturated rings. The van der Waals surface area contributed by atoms with Gasteiger partial charge in [-0.3, -0.25) is 0 Å². The predicted octanol–water partition coefficient (Wildman–Crippen LogP) is 3.11. The summed E-state index contributed by atoms with van der Waals surface area (Å²) in [6.45, 7) is 0.909. The first-order chi connectivity index (χ1) is 7.81. The molecule has 2 atom stereocenters. The molecular formula is C13H18BrNO. The Labute approximate surface area is 106 Å². The van der Waals surface area contributed by atoms with Crippen molar-refractivity contribution in [2.45, 2.75) is 38.0 Å². The number of benzene rings is 1. The van der Waals surface area contributed by atoms with E-state index in [9.17, 15) is 0 Å². The minimum absolute atomic E-state index is 0.391.